The van der Waals surface area contributed by atoms with Crippen LogP contribution in [0.2, 0.25) is 0 Å². The van der Waals surface area contributed by atoms with Crippen molar-refractivity contribution in [3.63, 3.8) is 0 Å². The zero-order valence-corrected chi connectivity index (χ0v) is 11.7. The van der Waals surface area contributed by atoms with Crippen LogP contribution in [-0.4, -0.2) is 11.1 Å². The van der Waals surface area contributed by atoms with E-state index < -0.39 is 0 Å². The van der Waals surface area contributed by atoms with Crippen LogP contribution in [0.1, 0.15) is 49.6 Å². The van der Waals surface area contributed by atoms with Gasteiger partial charge < -0.3 is 10.5 Å². The maximum atomic E-state index is 6.23. The van der Waals surface area contributed by atoms with Crippen molar-refractivity contribution in [1.29, 1.82) is 0 Å². The minimum Gasteiger partial charge on any atom is -0.490 e. The minimum absolute atomic E-state index is 0.338. The summed E-state index contributed by atoms with van der Waals surface area (Å²) in [5, 5.41) is 0. The molecule has 0 bridgehead atoms. The summed E-state index contributed by atoms with van der Waals surface area (Å²) in [5.41, 5.74) is 8.87. The summed E-state index contributed by atoms with van der Waals surface area (Å²) in [6.45, 7) is 6.79. The Balaban J connectivity index is 2.22. The van der Waals surface area contributed by atoms with E-state index in [1.165, 1.54) is 19.3 Å². The highest BCUT2D eigenvalue weighted by molar-refractivity contribution is 5.37. The van der Waals surface area contributed by atoms with Gasteiger partial charge in [0.15, 0.2) is 0 Å². The number of ether oxygens (including phenoxy) is 1. The quantitative estimate of drug-likeness (QED) is 0.894. The maximum Gasteiger partial charge on any atom is 0.127 e. The van der Waals surface area contributed by atoms with Crippen LogP contribution in [0.25, 0.3) is 0 Å². The number of aromatic nitrogens is 1. The molecule has 1 aromatic heterocycles. The number of pyridine rings is 1. The average molecular weight is 248 g/mol. The van der Waals surface area contributed by atoms with Crippen molar-refractivity contribution >= 4 is 0 Å². The van der Waals surface area contributed by atoms with Gasteiger partial charge in [0.05, 0.1) is 0 Å². The fourth-order valence-electron chi connectivity index (χ4n) is 2.79. The normalized spacial score (nSPS) is 24.0. The fourth-order valence-corrected chi connectivity index (χ4v) is 2.79. The van der Waals surface area contributed by atoms with Crippen LogP contribution in [-0.2, 0) is 6.54 Å². The van der Waals surface area contributed by atoms with Gasteiger partial charge in [-0.25, -0.2) is 0 Å². The van der Waals surface area contributed by atoms with Gasteiger partial charge in [0, 0.05) is 29.6 Å². The van der Waals surface area contributed by atoms with Gasteiger partial charge >= 0.3 is 0 Å². The molecule has 1 fully saturated rings. The van der Waals surface area contributed by atoms with Crippen molar-refractivity contribution in [3.8, 4) is 5.75 Å². The van der Waals surface area contributed by atoms with E-state index in [1.807, 2.05) is 19.9 Å². The summed E-state index contributed by atoms with van der Waals surface area (Å²) >= 11 is 0. The maximum absolute atomic E-state index is 6.23. The van der Waals surface area contributed by atoms with E-state index >= 15 is 0 Å². The van der Waals surface area contributed by atoms with E-state index in [1.54, 1.807) is 0 Å². The Morgan fingerprint density at radius 3 is 2.72 bits per heavy atom. The fraction of sp³-hybridized carbons (Fsp3) is 0.667. The highest BCUT2D eigenvalue weighted by atomic mass is 16.5. The second kappa shape index (κ2) is 5.70. The molecule has 2 N–H and O–H groups in total. The number of hydrogen-bond acceptors (Lipinski definition) is 3. The third kappa shape index (κ3) is 2.83. The Bertz CT molecular complexity index is 417. The monoisotopic (exact) mass is 248 g/mol. The molecule has 2 unspecified atom stereocenters. The molecule has 2 atom stereocenters. The first-order chi connectivity index (χ1) is 8.61. The van der Waals surface area contributed by atoms with Gasteiger partial charge in [0.25, 0.3) is 0 Å². The van der Waals surface area contributed by atoms with Gasteiger partial charge in [-0.1, -0.05) is 13.3 Å². The molecule has 2 rings (SSSR count). The average Bonchev–Trinajstić information content (AvgIpc) is 2.31. The molecule has 3 heteroatoms. The summed E-state index contributed by atoms with van der Waals surface area (Å²) in [4.78, 5) is 4.46. The largest absolute Gasteiger partial charge is 0.490 e. The molecule has 1 saturated carbocycles. The van der Waals surface area contributed by atoms with Gasteiger partial charge in [0.1, 0.15) is 11.9 Å². The third-order valence-corrected chi connectivity index (χ3v) is 3.93. The van der Waals surface area contributed by atoms with Crippen molar-refractivity contribution < 1.29 is 4.74 Å². The van der Waals surface area contributed by atoms with Gasteiger partial charge in [-0.15, -0.1) is 0 Å². The molecule has 1 heterocycles. The Morgan fingerprint density at radius 2 is 2.06 bits per heavy atom. The number of rotatable bonds is 3. The van der Waals surface area contributed by atoms with E-state index in [0.29, 0.717) is 18.6 Å². The minimum atomic E-state index is 0.338. The van der Waals surface area contributed by atoms with E-state index in [2.05, 4.69) is 11.9 Å². The predicted octanol–water partition coefficient (Wildman–Crippen LogP) is 3.11. The lowest BCUT2D eigenvalue weighted by Gasteiger charge is -2.30. The molecule has 0 saturated heterocycles. The van der Waals surface area contributed by atoms with E-state index in [-0.39, 0.29) is 0 Å². The number of nitrogens with two attached hydrogens (primary N) is 1. The summed E-state index contributed by atoms with van der Waals surface area (Å²) < 4.78 is 6.23. The molecule has 18 heavy (non-hydrogen) atoms. The number of aryl methyl sites for hydroxylation is 2. The standard InChI is InChI=1S/C15H24N2O/c1-10-6-4-5-7-14(10)18-15-8-11(2)17-12(3)13(15)9-16/h8,10,14H,4-7,9,16H2,1-3H3. The zero-order chi connectivity index (χ0) is 13.1. The molecule has 0 aliphatic heterocycles. The van der Waals surface area contributed by atoms with Crippen LogP contribution in [0, 0.1) is 19.8 Å². The first-order valence-corrected chi connectivity index (χ1v) is 6.95. The van der Waals surface area contributed by atoms with E-state index in [0.717, 1.165) is 29.1 Å². The Morgan fingerprint density at radius 1 is 1.33 bits per heavy atom. The Labute approximate surface area is 110 Å². The lowest BCUT2D eigenvalue weighted by atomic mass is 9.88. The van der Waals surface area contributed by atoms with Crippen molar-refractivity contribution in [2.24, 2.45) is 11.7 Å². The zero-order valence-electron chi connectivity index (χ0n) is 11.7. The van der Waals surface area contributed by atoms with E-state index in [4.69, 9.17) is 10.5 Å². The molecule has 0 amide bonds. The van der Waals surface area contributed by atoms with Crippen LogP contribution >= 0.6 is 0 Å². The van der Waals surface area contributed by atoms with Gasteiger partial charge in [-0.2, -0.15) is 0 Å². The molecule has 1 aliphatic rings. The second-order valence-corrected chi connectivity index (χ2v) is 5.45. The highest BCUT2D eigenvalue weighted by Gasteiger charge is 2.24. The summed E-state index contributed by atoms with van der Waals surface area (Å²) in [5.74, 6) is 1.58. The van der Waals surface area contributed by atoms with E-state index in [9.17, 15) is 0 Å². The SMILES string of the molecule is Cc1cc(OC2CCCCC2C)c(CN)c(C)n1. The lowest BCUT2D eigenvalue weighted by Crippen LogP contribution is -2.29. The van der Waals surface area contributed by atoms with Crippen LogP contribution in [0.4, 0.5) is 0 Å². The summed E-state index contributed by atoms with van der Waals surface area (Å²) in [7, 11) is 0. The predicted molar refractivity (Wildman–Crippen MR) is 73.7 cm³/mol. The summed E-state index contributed by atoms with van der Waals surface area (Å²) in [6, 6.07) is 2.02. The van der Waals surface area contributed by atoms with Crippen LogP contribution in [0.3, 0.4) is 0 Å². The smallest absolute Gasteiger partial charge is 0.127 e. The second-order valence-electron chi connectivity index (χ2n) is 5.45. The molecule has 0 radical (unpaired) electrons. The molecular formula is C15H24N2O. The van der Waals surface area contributed by atoms with Crippen molar-refractivity contribution in [2.75, 3.05) is 0 Å². The lowest BCUT2D eigenvalue weighted by molar-refractivity contribution is 0.101. The molecule has 3 nitrogen and oxygen atoms in total. The number of nitrogens with zero attached hydrogens (tertiary/aromatic N) is 1. The van der Waals surface area contributed by atoms with Crippen molar-refractivity contribution in [3.05, 3.63) is 23.0 Å². The first kappa shape index (κ1) is 13.3. The number of hydrogen-bond donors (Lipinski definition) is 1. The van der Waals surface area contributed by atoms with Crippen LogP contribution in [0.5, 0.6) is 5.75 Å². The van der Waals surface area contributed by atoms with Crippen molar-refractivity contribution in [1.82, 2.24) is 4.98 Å². The molecule has 1 aromatic rings. The van der Waals surface area contributed by atoms with Crippen LogP contribution < -0.4 is 10.5 Å². The molecule has 0 spiro atoms. The van der Waals surface area contributed by atoms with Crippen molar-refractivity contribution in [2.45, 2.75) is 59.1 Å². The van der Waals surface area contributed by atoms with Gasteiger partial charge in [-0.05, 0) is 39.0 Å². The molecular weight excluding hydrogens is 224 g/mol. The first-order valence-electron chi connectivity index (χ1n) is 6.95. The van der Waals surface area contributed by atoms with Gasteiger partial charge in [-0.3, -0.25) is 4.98 Å². The Hall–Kier alpha value is -1.09. The molecule has 1 aliphatic carbocycles. The Kier molecular flexibility index (Phi) is 4.23. The topological polar surface area (TPSA) is 48.1 Å². The van der Waals surface area contributed by atoms with Crippen LogP contribution in [0.15, 0.2) is 6.07 Å². The highest BCUT2D eigenvalue weighted by Crippen LogP contribution is 2.30. The molecule has 100 valence electrons. The summed E-state index contributed by atoms with van der Waals surface area (Å²) in [6.07, 6.45) is 5.37. The third-order valence-electron chi connectivity index (χ3n) is 3.93. The molecule has 0 aromatic carbocycles. The van der Waals surface area contributed by atoms with Gasteiger partial charge in [0.2, 0.25) is 0 Å².